The summed E-state index contributed by atoms with van der Waals surface area (Å²) in [6, 6.07) is 0. The number of methoxy groups -OCH3 is 1. The molecule has 0 aromatic carbocycles. The number of ether oxygens (including phenoxy) is 1. The molecule has 6 nitrogen and oxygen atoms in total. The van der Waals surface area contributed by atoms with E-state index in [9.17, 15) is 13.5 Å². The first-order valence-electron chi connectivity index (χ1n) is 5.03. The van der Waals surface area contributed by atoms with E-state index in [1.54, 1.807) is 13.8 Å². The molecule has 0 aliphatic carbocycles. The van der Waals surface area contributed by atoms with Gasteiger partial charge in [-0.15, -0.1) is 0 Å². The number of aliphatic hydroxyl groups is 1. The molecule has 0 rings (SSSR count). The molecule has 0 saturated heterocycles. The molecule has 7 heteroatoms. The molecular weight excluding hydrogens is 232 g/mol. The summed E-state index contributed by atoms with van der Waals surface area (Å²) >= 11 is 0. The SMILES string of the molecule is COCC(O)CNCC(C)(C)NS(C)(=O)=O. The Bertz CT molecular complexity index is 290. The first-order chi connectivity index (χ1) is 7.16. The lowest BCUT2D eigenvalue weighted by Gasteiger charge is -2.26. The van der Waals surface area contributed by atoms with Crippen LogP contribution in [0.25, 0.3) is 0 Å². The molecule has 1 unspecified atom stereocenters. The van der Waals surface area contributed by atoms with Crippen molar-refractivity contribution >= 4 is 10.0 Å². The number of aliphatic hydroxyl groups excluding tert-OH is 1. The van der Waals surface area contributed by atoms with Crippen molar-refractivity contribution in [3.05, 3.63) is 0 Å². The van der Waals surface area contributed by atoms with Gasteiger partial charge >= 0.3 is 0 Å². The van der Waals surface area contributed by atoms with E-state index in [2.05, 4.69) is 10.0 Å². The average molecular weight is 254 g/mol. The van der Waals surface area contributed by atoms with Crippen LogP contribution in [0.4, 0.5) is 0 Å². The lowest BCUT2D eigenvalue weighted by atomic mass is 10.1. The first-order valence-corrected chi connectivity index (χ1v) is 6.92. The van der Waals surface area contributed by atoms with Crippen molar-refractivity contribution in [3.63, 3.8) is 0 Å². The zero-order valence-electron chi connectivity index (χ0n) is 10.3. The van der Waals surface area contributed by atoms with E-state index in [1.165, 1.54) is 7.11 Å². The van der Waals surface area contributed by atoms with E-state index in [4.69, 9.17) is 4.74 Å². The number of hydrogen-bond acceptors (Lipinski definition) is 5. The van der Waals surface area contributed by atoms with Crippen molar-refractivity contribution in [2.45, 2.75) is 25.5 Å². The Morgan fingerprint density at radius 1 is 1.44 bits per heavy atom. The molecule has 0 aromatic rings. The van der Waals surface area contributed by atoms with Gasteiger partial charge in [-0.05, 0) is 13.8 Å². The predicted octanol–water partition coefficient (Wildman–Crippen LogP) is -1.09. The summed E-state index contributed by atoms with van der Waals surface area (Å²) < 4.78 is 29.3. The van der Waals surface area contributed by atoms with Gasteiger partial charge in [-0.1, -0.05) is 0 Å². The second kappa shape index (κ2) is 6.51. The fourth-order valence-electron chi connectivity index (χ4n) is 1.34. The highest BCUT2D eigenvalue weighted by Gasteiger charge is 2.21. The molecule has 0 aromatic heterocycles. The summed E-state index contributed by atoms with van der Waals surface area (Å²) in [5.74, 6) is 0. The van der Waals surface area contributed by atoms with Gasteiger partial charge in [0.05, 0.1) is 19.0 Å². The van der Waals surface area contributed by atoms with Crippen LogP contribution in [0.15, 0.2) is 0 Å². The smallest absolute Gasteiger partial charge is 0.209 e. The van der Waals surface area contributed by atoms with Gasteiger partial charge < -0.3 is 15.2 Å². The topological polar surface area (TPSA) is 87.7 Å². The Balaban J connectivity index is 3.91. The molecule has 0 fully saturated rings. The van der Waals surface area contributed by atoms with Crippen LogP contribution in [0, 0.1) is 0 Å². The standard InChI is InChI=1S/C9H22N2O4S/c1-9(2,11-16(4,13)14)7-10-5-8(12)6-15-3/h8,10-12H,5-7H2,1-4H3. The summed E-state index contributed by atoms with van der Waals surface area (Å²) in [6.07, 6.45) is 0.535. The van der Waals surface area contributed by atoms with Crippen LogP contribution in [0.5, 0.6) is 0 Å². The molecule has 0 spiro atoms. The van der Waals surface area contributed by atoms with Gasteiger partial charge in [0.25, 0.3) is 0 Å². The number of hydrogen-bond donors (Lipinski definition) is 3. The van der Waals surface area contributed by atoms with Crippen LogP contribution in [-0.2, 0) is 14.8 Å². The fraction of sp³-hybridized carbons (Fsp3) is 1.00. The number of nitrogens with one attached hydrogen (secondary N) is 2. The van der Waals surface area contributed by atoms with Crippen molar-refractivity contribution in [3.8, 4) is 0 Å². The average Bonchev–Trinajstić information content (AvgIpc) is 1.98. The van der Waals surface area contributed by atoms with Crippen molar-refractivity contribution in [1.82, 2.24) is 10.0 Å². The highest BCUT2D eigenvalue weighted by atomic mass is 32.2. The molecule has 0 bridgehead atoms. The quantitative estimate of drug-likeness (QED) is 0.512. The van der Waals surface area contributed by atoms with Crippen molar-refractivity contribution in [2.75, 3.05) is 33.1 Å². The highest BCUT2D eigenvalue weighted by Crippen LogP contribution is 2.01. The molecule has 0 aliphatic rings. The van der Waals surface area contributed by atoms with Crippen LogP contribution in [0.3, 0.4) is 0 Å². The second-order valence-corrected chi connectivity index (χ2v) is 6.25. The minimum atomic E-state index is -3.22. The van der Waals surface area contributed by atoms with Gasteiger partial charge in [0.2, 0.25) is 10.0 Å². The van der Waals surface area contributed by atoms with Crippen molar-refractivity contribution in [1.29, 1.82) is 0 Å². The van der Waals surface area contributed by atoms with Crippen LogP contribution in [0.2, 0.25) is 0 Å². The maximum absolute atomic E-state index is 11.0. The Hall–Kier alpha value is -0.210. The summed E-state index contributed by atoms with van der Waals surface area (Å²) in [5, 5.41) is 12.3. The summed E-state index contributed by atoms with van der Waals surface area (Å²) in [5.41, 5.74) is -0.583. The predicted molar refractivity (Wildman–Crippen MR) is 62.8 cm³/mol. The van der Waals surface area contributed by atoms with Gasteiger partial charge in [-0.3, -0.25) is 0 Å². The molecular formula is C9H22N2O4S. The van der Waals surface area contributed by atoms with Crippen LogP contribution < -0.4 is 10.0 Å². The largest absolute Gasteiger partial charge is 0.389 e. The van der Waals surface area contributed by atoms with Crippen molar-refractivity contribution in [2.24, 2.45) is 0 Å². The highest BCUT2D eigenvalue weighted by molar-refractivity contribution is 7.88. The van der Waals surface area contributed by atoms with E-state index >= 15 is 0 Å². The molecule has 1 atom stereocenters. The normalized spacial score (nSPS) is 15.1. The Morgan fingerprint density at radius 2 is 2.00 bits per heavy atom. The maximum atomic E-state index is 11.0. The Labute approximate surface area is 97.4 Å². The minimum absolute atomic E-state index is 0.257. The van der Waals surface area contributed by atoms with Gasteiger partial charge in [0, 0.05) is 25.7 Å². The lowest BCUT2D eigenvalue weighted by molar-refractivity contribution is 0.0638. The maximum Gasteiger partial charge on any atom is 0.209 e. The zero-order chi connectivity index (χ0) is 12.8. The third-order valence-corrected chi connectivity index (χ3v) is 2.69. The molecule has 16 heavy (non-hydrogen) atoms. The molecule has 0 amide bonds. The second-order valence-electron chi connectivity index (χ2n) is 4.50. The first kappa shape index (κ1) is 15.8. The van der Waals surface area contributed by atoms with Gasteiger partial charge in [0.1, 0.15) is 0 Å². The third kappa shape index (κ3) is 9.05. The molecule has 0 aliphatic heterocycles. The zero-order valence-corrected chi connectivity index (χ0v) is 11.1. The molecule has 3 N–H and O–H groups in total. The van der Waals surface area contributed by atoms with E-state index < -0.39 is 21.7 Å². The minimum Gasteiger partial charge on any atom is -0.389 e. The fourth-order valence-corrected chi connectivity index (χ4v) is 2.42. The molecule has 0 heterocycles. The monoisotopic (exact) mass is 254 g/mol. The third-order valence-electron chi connectivity index (χ3n) is 1.77. The van der Waals surface area contributed by atoms with E-state index in [0.29, 0.717) is 13.1 Å². The van der Waals surface area contributed by atoms with Gasteiger partial charge in [-0.25, -0.2) is 13.1 Å². The summed E-state index contributed by atoms with van der Waals surface area (Å²) in [4.78, 5) is 0. The Kier molecular flexibility index (Phi) is 6.42. The van der Waals surface area contributed by atoms with E-state index in [1.807, 2.05) is 0 Å². The summed E-state index contributed by atoms with van der Waals surface area (Å²) in [7, 11) is -1.71. The van der Waals surface area contributed by atoms with Crippen LogP contribution in [-0.4, -0.2) is 58.2 Å². The van der Waals surface area contributed by atoms with Gasteiger partial charge in [-0.2, -0.15) is 0 Å². The lowest BCUT2D eigenvalue weighted by Crippen LogP contribution is -2.51. The van der Waals surface area contributed by atoms with Gasteiger partial charge in [0.15, 0.2) is 0 Å². The molecule has 0 radical (unpaired) electrons. The van der Waals surface area contributed by atoms with Crippen LogP contribution >= 0.6 is 0 Å². The van der Waals surface area contributed by atoms with Crippen LogP contribution in [0.1, 0.15) is 13.8 Å². The number of sulfonamides is 1. The Morgan fingerprint density at radius 3 is 2.44 bits per heavy atom. The van der Waals surface area contributed by atoms with E-state index in [0.717, 1.165) is 6.26 Å². The van der Waals surface area contributed by atoms with E-state index in [-0.39, 0.29) is 6.61 Å². The van der Waals surface area contributed by atoms with Crippen molar-refractivity contribution < 1.29 is 18.3 Å². The number of rotatable bonds is 8. The summed E-state index contributed by atoms with van der Waals surface area (Å²) in [6.45, 7) is 4.59. The molecule has 98 valence electrons. The molecule has 0 saturated carbocycles.